The van der Waals surface area contributed by atoms with Gasteiger partial charge in [-0.3, -0.25) is 0 Å². The lowest BCUT2D eigenvalue weighted by molar-refractivity contribution is -0.117. The van der Waals surface area contributed by atoms with E-state index in [4.69, 9.17) is 0 Å². The van der Waals surface area contributed by atoms with Gasteiger partial charge < -0.3 is 15.4 Å². The van der Waals surface area contributed by atoms with Gasteiger partial charge in [0.2, 0.25) is 0 Å². The topological polar surface area (TPSA) is 58.2 Å². The van der Waals surface area contributed by atoms with Crippen molar-refractivity contribution in [2.24, 2.45) is 5.92 Å². The first kappa shape index (κ1) is 15.3. The zero-order valence-corrected chi connectivity index (χ0v) is 12.0. The molecule has 2 fully saturated rings. The van der Waals surface area contributed by atoms with Crippen LogP contribution >= 0.6 is 11.8 Å². The maximum Gasteiger partial charge on any atom is 0.314 e. The lowest BCUT2D eigenvalue weighted by Crippen LogP contribution is -2.20. The Labute approximate surface area is 114 Å². The van der Waals surface area contributed by atoms with Crippen molar-refractivity contribution >= 4 is 23.6 Å². The number of nitrogens with one attached hydrogen (secondary N) is 2. The highest BCUT2D eigenvalue weighted by atomic mass is 32.2. The number of hydrogen-bond donors (Lipinski definition) is 2. The number of carbonyl (C=O) groups is 2. The fourth-order valence-corrected chi connectivity index (χ4v) is 3.37. The second-order valence-corrected chi connectivity index (χ2v) is 6.01. The number of hydrogen-bond acceptors (Lipinski definition) is 3. The molecule has 0 aromatic heterocycles. The Morgan fingerprint density at radius 3 is 2.50 bits per heavy atom. The molecule has 2 heterocycles. The van der Waals surface area contributed by atoms with Crippen LogP contribution in [0, 0.1) is 5.92 Å². The molecule has 0 saturated carbocycles. The molecular weight excluding hydrogens is 248 g/mol. The molecule has 0 aromatic carbocycles. The Kier molecular flexibility index (Phi) is 7.89. The Morgan fingerprint density at radius 2 is 2.06 bits per heavy atom. The van der Waals surface area contributed by atoms with Crippen LogP contribution in [-0.4, -0.2) is 36.4 Å². The van der Waals surface area contributed by atoms with Gasteiger partial charge in [0.15, 0.2) is 0 Å². The summed E-state index contributed by atoms with van der Waals surface area (Å²) < 4.78 is 0. The van der Waals surface area contributed by atoms with Crippen molar-refractivity contribution in [3.05, 3.63) is 0 Å². The second-order valence-electron chi connectivity index (χ2n) is 4.86. The summed E-state index contributed by atoms with van der Waals surface area (Å²) in [4.78, 5) is 20.7. The van der Waals surface area contributed by atoms with Crippen LogP contribution in [0.5, 0.6) is 0 Å². The van der Waals surface area contributed by atoms with Crippen LogP contribution in [0.25, 0.3) is 0 Å². The van der Waals surface area contributed by atoms with Gasteiger partial charge in [-0.1, -0.05) is 6.42 Å². The summed E-state index contributed by atoms with van der Waals surface area (Å²) in [7, 11) is 0. The van der Waals surface area contributed by atoms with Gasteiger partial charge in [0.1, 0.15) is 5.78 Å². The highest BCUT2D eigenvalue weighted by molar-refractivity contribution is 7.99. The summed E-state index contributed by atoms with van der Waals surface area (Å²) in [6.07, 6.45) is 5.91. The number of ketones is 1. The number of Topliss-reactive ketones (excluding diaryl/α,β-unsaturated/α-hetero) is 1. The first-order valence-electron chi connectivity index (χ1n) is 6.77. The third kappa shape index (κ3) is 7.58. The minimum Gasteiger partial charge on any atom is -0.336 e. The average Bonchev–Trinajstić information content (AvgIpc) is 2.98. The molecule has 4 nitrogen and oxygen atoms in total. The van der Waals surface area contributed by atoms with E-state index in [-0.39, 0.29) is 6.03 Å². The zero-order chi connectivity index (χ0) is 13.2. The summed E-state index contributed by atoms with van der Waals surface area (Å²) in [5, 5.41) is 5.14. The molecule has 104 valence electrons. The Morgan fingerprint density at radius 1 is 1.33 bits per heavy atom. The summed E-state index contributed by atoms with van der Waals surface area (Å²) >= 11 is 2.08. The molecule has 2 aliphatic rings. The van der Waals surface area contributed by atoms with E-state index >= 15 is 0 Å². The first-order chi connectivity index (χ1) is 8.68. The predicted octanol–water partition coefficient (Wildman–Crippen LogP) is 2.19. The molecule has 0 radical (unpaired) electrons. The summed E-state index contributed by atoms with van der Waals surface area (Å²) in [6.45, 7) is 3.24. The van der Waals surface area contributed by atoms with E-state index in [0.29, 0.717) is 5.78 Å². The van der Waals surface area contributed by atoms with Crippen LogP contribution in [0.15, 0.2) is 0 Å². The quantitative estimate of drug-likeness (QED) is 0.754. The SMILES string of the molecule is CC(=O)CCCC[C@H]1CCSC1.O=C1NCCN1. The molecule has 2 amide bonds. The van der Waals surface area contributed by atoms with Gasteiger partial charge in [-0.15, -0.1) is 0 Å². The monoisotopic (exact) mass is 272 g/mol. The van der Waals surface area contributed by atoms with Crippen molar-refractivity contribution in [2.75, 3.05) is 24.6 Å². The molecule has 0 spiro atoms. The maximum absolute atomic E-state index is 10.6. The largest absolute Gasteiger partial charge is 0.336 e. The third-order valence-corrected chi connectivity index (χ3v) is 4.34. The number of unbranched alkanes of at least 4 members (excludes halogenated alkanes) is 1. The normalized spacial score (nSPS) is 21.8. The minimum absolute atomic E-state index is 0.0463. The summed E-state index contributed by atoms with van der Waals surface area (Å²) in [5.74, 6) is 4.02. The maximum atomic E-state index is 10.6. The molecule has 0 aliphatic carbocycles. The van der Waals surface area contributed by atoms with Gasteiger partial charge in [-0.25, -0.2) is 4.79 Å². The highest BCUT2D eigenvalue weighted by Crippen LogP contribution is 2.27. The number of urea groups is 1. The van der Waals surface area contributed by atoms with E-state index in [0.717, 1.165) is 31.8 Å². The average molecular weight is 272 g/mol. The molecule has 0 bridgehead atoms. The van der Waals surface area contributed by atoms with Gasteiger partial charge in [0.05, 0.1) is 0 Å². The van der Waals surface area contributed by atoms with Gasteiger partial charge in [0.25, 0.3) is 0 Å². The number of amides is 2. The fourth-order valence-electron chi connectivity index (χ4n) is 2.03. The predicted molar refractivity (Wildman–Crippen MR) is 76.0 cm³/mol. The molecule has 2 N–H and O–H groups in total. The molecule has 2 aliphatic heterocycles. The smallest absolute Gasteiger partial charge is 0.314 e. The van der Waals surface area contributed by atoms with Crippen LogP contribution in [0.4, 0.5) is 4.79 Å². The van der Waals surface area contributed by atoms with E-state index in [2.05, 4.69) is 22.4 Å². The molecule has 0 aromatic rings. The van der Waals surface area contributed by atoms with Crippen molar-refractivity contribution < 1.29 is 9.59 Å². The Bertz CT molecular complexity index is 258. The molecule has 2 saturated heterocycles. The van der Waals surface area contributed by atoms with Gasteiger partial charge in [-0.2, -0.15) is 11.8 Å². The lowest BCUT2D eigenvalue weighted by Gasteiger charge is -2.05. The van der Waals surface area contributed by atoms with Gasteiger partial charge in [-0.05, 0) is 43.6 Å². The lowest BCUT2D eigenvalue weighted by atomic mass is 10.0. The third-order valence-electron chi connectivity index (χ3n) is 3.11. The van der Waals surface area contributed by atoms with Crippen LogP contribution in [0.3, 0.4) is 0 Å². The van der Waals surface area contributed by atoms with E-state index < -0.39 is 0 Å². The highest BCUT2D eigenvalue weighted by Gasteiger charge is 2.14. The van der Waals surface area contributed by atoms with Crippen LogP contribution in [-0.2, 0) is 4.79 Å². The molecule has 0 unspecified atom stereocenters. The molecule has 5 heteroatoms. The van der Waals surface area contributed by atoms with E-state index in [1.165, 1.54) is 30.8 Å². The molecule has 2 rings (SSSR count). The van der Waals surface area contributed by atoms with Crippen molar-refractivity contribution in [2.45, 2.75) is 39.0 Å². The second kappa shape index (κ2) is 9.25. The van der Waals surface area contributed by atoms with E-state index in [9.17, 15) is 9.59 Å². The van der Waals surface area contributed by atoms with Crippen LogP contribution < -0.4 is 10.6 Å². The number of thioether (sulfide) groups is 1. The Balaban J connectivity index is 0.000000225. The minimum atomic E-state index is -0.0463. The van der Waals surface area contributed by atoms with Crippen molar-refractivity contribution in [3.8, 4) is 0 Å². The van der Waals surface area contributed by atoms with Crippen LogP contribution in [0.2, 0.25) is 0 Å². The van der Waals surface area contributed by atoms with Crippen LogP contribution in [0.1, 0.15) is 39.0 Å². The molecule has 1 atom stereocenters. The molecule has 18 heavy (non-hydrogen) atoms. The summed E-state index contributed by atoms with van der Waals surface area (Å²) in [5.41, 5.74) is 0. The standard InChI is InChI=1S/C10H18OS.C3H6N2O/c1-9(11)4-2-3-5-10-6-7-12-8-10;6-3-4-1-2-5-3/h10H,2-8H2,1H3;1-2H2,(H2,4,5,6)/t10-;/m0./s1. The summed E-state index contributed by atoms with van der Waals surface area (Å²) in [6, 6.07) is -0.0463. The van der Waals surface area contributed by atoms with Gasteiger partial charge in [0, 0.05) is 19.5 Å². The zero-order valence-electron chi connectivity index (χ0n) is 11.2. The van der Waals surface area contributed by atoms with E-state index in [1.54, 1.807) is 6.92 Å². The van der Waals surface area contributed by atoms with Gasteiger partial charge >= 0.3 is 6.03 Å². The van der Waals surface area contributed by atoms with E-state index in [1.807, 2.05) is 0 Å². The van der Waals surface area contributed by atoms with Crippen molar-refractivity contribution in [1.82, 2.24) is 10.6 Å². The number of rotatable bonds is 5. The molecular formula is C13H24N2O2S. The number of carbonyl (C=O) groups excluding carboxylic acids is 2. The van der Waals surface area contributed by atoms with Crippen molar-refractivity contribution in [1.29, 1.82) is 0 Å². The fraction of sp³-hybridized carbons (Fsp3) is 0.846. The van der Waals surface area contributed by atoms with Crippen molar-refractivity contribution in [3.63, 3.8) is 0 Å². The Hall–Kier alpha value is -0.710. The first-order valence-corrected chi connectivity index (χ1v) is 7.93.